The Kier molecular flexibility index (Phi) is 3.13. The van der Waals surface area contributed by atoms with E-state index in [1.165, 1.54) is 6.07 Å². The molecule has 1 N–H and O–H groups in total. The zero-order chi connectivity index (χ0) is 9.68. The van der Waals surface area contributed by atoms with Gasteiger partial charge >= 0.3 is 12.1 Å². The van der Waals surface area contributed by atoms with E-state index in [0.717, 1.165) is 6.42 Å². The molecule has 0 saturated carbocycles. The number of hydrogen-bond acceptors (Lipinski definition) is 5. The third-order valence-electron chi connectivity index (χ3n) is 1.11. The lowest BCUT2D eigenvalue weighted by Gasteiger charge is -1.95. The molecule has 0 radical (unpaired) electrons. The van der Waals surface area contributed by atoms with E-state index in [2.05, 4.69) is 14.4 Å². The van der Waals surface area contributed by atoms with Crippen molar-refractivity contribution in [3.63, 3.8) is 0 Å². The van der Waals surface area contributed by atoms with Gasteiger partial charge in [0.15, 0.2) is 0 Å². The molecule has 13 heavy (non-hydrogen) atoms. The van der Waals surface area contributed by atoms with Crippen LogP contribution in [-0.4, -0.2) is 23.0 Å². The first kappa shape index (κ1) is 9.37. The number of ether oxygens (including phenoxy) is 2. The van der Waals surface area contributed by atoms with E-state index in [-0.39, 0.29) is 11.8 Å². The van der Waals surface area contributed by atoms with Crippen LogP contribution in [0.15, 0.2) is 10.6 Å². The van der Waals surface area contributed by atoms with Crippen LogP contribution in [0.2, 0.25) is 0 Å². The lowest BCUT2D eigenvalue weighted by Crippen LogP contribution is -2.01. The molecule has 0 atom stereocenters. The summed E-state index contributed by atoms with van der Waals surface area (Å²) in [6.07, 6.45) is -0.611. The van der Waals surface area contributed by atoms with E-state index >= 15 is 0 Å². The first-order chi connectivity index (χ1) is 6.22. The number of aromatic nitrogens is 1. The van der Waals surface area contributed by atoms with Gasteiger partial charge < -0.3 is 19.1 Å². The summed E-state index contributed by atoms with van der Waals surface area (Å²) in [5.74, 6) is 0.0247. The fourth-order valence-electron chi connectivity index (χ4n) is 0.652. The van der Waals surface area contributed by atoms with Crippen LogP contribution in [0.3, 0.4) is 0 Å². The molecular formula is C7H9NO5. The van der Waals surface area contributed by atoms with Gasteiger partial charge in [-0.15, -0.1) is 0 Å². The molecule has 6 nitrogen and oxygen atoms in total. The SMILES string of the molecule is CCCOc1cc(OC(=O)O)on1. The Morgan fingerprint density at radius 3 is 3.15 bits per heavy atom. The van der Waals surface area contributed by atoms with Crippen molar-refractivity contribution in [2.75, 3.05) is 6.61 Å². The predicted molar refractivity (Wildman–Crippen MR) is 40.9 cm³/mol. The molecule has 0 saturated heterocycles. The maximum absolute atomic E-state index is 10.0. The summed E-state index contributed by atoms with van der Waals surface area (Å²) in [6, 6.07) is 1.27. The Labute approximate surface area is 74.0 Å². The summed E-state index contributed by atoms with van der Waals surface area (Å²) in [5, 5.41) is 11.6. The minimum absolute atomic E-state index is 0.196. The molecule has 0 spiro atoms. The van der Waals surface area contributed by atoms with E-state index in [1.807, 2.05) is 6.92 Å². The number of rotatable bonds is 4. The van der Waals surface area contributed by atoms with Crippen molar-refractivity contribution in [3.05, 3.63) is 6.07 Å². The van der Waals surface area contributed by atoms with E-state index in [1.54, 1.807) is 0 Å². The van der Waals surface area contributed by atoms with Crippen LogP contribution in [-0.2, 0) is 0 Å². The number of carboxylic acid groups (broad SMARTS) is 1. The molecule has 1 aromatic rings. The summed E-state index contributed by atoms with van der Waals surface area (Å²) in [4.78, 5) is 10.0. The molecule has 0 unspecified atom stereocenters. The predicted octanol–water partition coefficient (Wildman–Crippen LogP) is 1.52. The Balaban J connectivity index is 2.48. The molecule has 72 valence electrons. The number of carbonyl (C=O) groups is 1. The highest BCUT2D eigenvalue weighted by Gasteiger charge is 2.08. The van der Waals surface area contributed by atoms with Gasteiger partial charge in [-0.1, -0.05) is 6.92 Å². The molecule has 0 aliphatic heterocycles. The zero-order valence-corrected chi connectivity index (χ0v) is 7.02. The number of hydrogen-bond donors (Lipinski definition) is 1. The van der Waals surface area contributed by atoms with Crippen LogP contribution in [0.4, 0.5) is 4.79 Å². The first-order valence-corrected chi connectivity index (χ1v) is 3.72. The first-order valence-electron chi connectivity index (χ1n) is 3.72. The average Bonchev–Trinajstić information content (AvgIpc) is 2.48. The van der Waals surface area contributed by atoms with Crippen molar-refractivity contribution in [2.45, 2.75) is 13.3 Å². The van der Waals surface area contributed by atoms with Gasteiger partial charge in [0.2, 0.25) is 0 Å². The van der Waals surface area contributed by atoms with E-state index in [4.69, 9.17) is 9.84 Å². The molecule has 0 bridgehead atoms. The largest absolute Gasteiger partial charge is 0.513 e. The summed E-state index contributed by atoms with van der Waals surface area (Å²) < 4.78 is 13.7. The molecule has 1 rings (SSSR count). The van der Waals surface area contributed by atoms with Crippen molar-refractivity contribution in [3.8, 4) is 11.8 Å². The van der Waals surface area contributed by atoms with Gasteiger partial charge in [-0.05, 0) is 11.6 Å². The topological polar surface area (TPSA) is 81.8 Å². The second-order valence-electron chi connectivity index (χ2n) is 2.20. The molecule has 0 amide bonds. The highest BCUT2D eigenvalue weighted by molar-refractivity contribution is 5.60. The van der Waals surface area contributed by atoms with E-state index < -0.39 is 6.16 Å². The van der Waals surface area contributed by atoms with Gasteiger partial charge in [0, 0.05) is 0 Å². The van der Waals surface area contributed by atoms with Crippen LogP contribution in [0.25, 0.3) is 0 Å². The normalized spacial score (nSPS) is 9.62. The molecule has 1 heterocycles. The Morgan fingerprint density at radius 1 is 1.77 bits per heavy atom. The smallest absolute Gasteiger partial charge is 0.475 e. The molecule has 1 aromatic heterocycles. The molecule has 0 fully saturated rings. The Bertz CT molecular complexity index is 282. The lowest BCUT2D eigenvalue weighted by atomic mass is 10.5. The molecule has 0 aliphatic rings. The van der Waals surface area contributed by atoms with Crippen LogP contribution in [0, 0.1) is 0 Å². The minimum Gasteiger partial charge on any atom is -0.475 e. The zero-order valence-electron chi connectivity index (χ0n) is 7.02. The summed E-state index contributed by atoms with van der Waals surface area (Å²) in [5.41, 5.74) is 0. The van der Waals surface area contributed by atoms with Crippen molar-refractivity contribution in [1.29, 1.82) is 0 Å². The summed E-state index contributed by atoms with van der Waals surface area (Å²) in [6.45, 7) is 2.44. The highest BCUT2D eigenvalue weighted by atomic mass is 16.7. The maximum Gasteiger partial charge on any atom is 0.513 e. The number of nitrogens with zero attached hydrogens (tertiary/aromatic N) is 1. The van der Waals surface area contributed by atoms with Crippen LogP contribution in [0.5, 0.6) is 11.8 Å². The fraction of sp³-hybridized carbons (Fsp3) is 0.429. The highest BCUT2D eigenvalue weighted by Crippen LogP contribution is 2.18. The van der Waals surface area contributed by atoms with Crippen LogP contribution in [0.1, 0.15) is 13.3 Å². The third kappa shape index (κ3) is 3.02. The molecule has 6 heteroatoms. The van der Waals surface area contributed by atoms with Gasteiger partial charge in [0.25, 0.3) is 5.88 Å². The van der Waals surface area contributed by atoms with E-state index in [9.17, 15) is 4.79 Å². The fourth-order valence-corrected chi connectivity index (χ4v) is 0.652. The van der Waals surface area contributed by atoms with Crippen molar-refractivity contribution in [1.82, 2.24) is 5.16 Å². The van der Waals surface area contributed by atoms with Crippen molar-refractivity contribution < 1.29 is 23.9 Å². The van der Waals surface area contributed by atoms with E-state index in [0.29, 0.717) is 6.61 Å². The van der Waals surface area contributed by atoms with Crippen molar-refractivity contribution in [2.24, 2.45) is 0 Å². The minimum atomic E-state index is -1.45. The third-order valence-corrected chi connectivity index (χ3v) is 1.11. The molecule has 0 aliphatic carbocycles. The van der Waals surface area contributed by atoms with Gasteiger partial charge in [0.05, 0.1) is 12.7 Å². The quantitative estimate of drug-likeness (QED) is 0.719. The van der Waals surface area contributed by atoms with Gasteiger partial charge in [-0.2, -0.15) is 0 Å². The average molecular weight is 187 g/mol. The second kappa shape index (κ2) is 4.34. The van der Waals surface area contributed by atoms with Crippen LogP contribution >= 0.6 is 0 Å². The van der Waals surface area contributed by atoms with Gasteiger partial charge in [0.1, 0.15) is 0 Å². The van der Waals surface area contributed by atoms with Crippen molar-refractivity contribution >= 4 is 6.16 Å². The molecule has 0 aromatic carbocycles. The van der Waals surface area contributed by atoms with Crippen LogP contribution < -0.4 is 9.47 Å². The Hall–Kier alpha value is -1.72. The molecular weight excluding hydrogens is 178 g/mol. The standard InChI is InChI=1S/C7H9NO5/c1-2-3-11-5-4-6(13-8-5)12-7(9)10/h4H,2-3H2,1H3,(H,9,10). The second-order valence-corrected chi connectivity index (χ2v) is 2.20. The maximum atomic E-state index is 10.0. The van der Waals surface area contributed by atoms with Gasteiger partial charge in [-0.25, -0.2) is 4.79 Å². The monoisotopic (exact) mass is 187 g/mol. The Morgan fingerprint density at radius 2 is 2.54 bits per heavy atom. The van der Waals surface area contributed by atoms with Gasteiger partial charge in [-0.3, -0.25) is 0 Å². The lowest BCUT2D eigenvalue weighted by molar-refractivity contribution is 0.127. The summed E-state index contributed by atoms with van der Waals surface area (Å²) >= 11 is 0. The summed E-state index contributed by atoms with van der Waals surface area (Å²) in [7, 11) is 0.